The first-order valence-corrected chi connectivity index (χ1v) is 5.60. The van der Waals surface area contributed by atoms with Gasteiger partial charge in [-0.05, 0) is 13.3 Å². The van der Waals surface area contributed by atoms with Gasteiger partial charge in [0.2, 0.25) is 5.89 Å². The maximum Gasteiger partial charge on any atom is 0.307 e. The Morgan fingerprint density at radius 2 is 2.29 bits per heavy atom. The zero-order chi connectivity index (χ0) is 12.9. The predicted molar refractivity (Wildman–Crippen MR) is 61.2 cm³/mol. The molecule has 17 heavy (non-hydrogen) atoms. The number of rotatable bonds is 6. The summed E-state index contributed by atoms with van der Waals surface area (Å²) in [7, 11) is 1.39. The summed E-state index contributed by atoms with van der Waals surface area (Å²) in [6.45, 7) is 6.19. The molecule has 1 atom stereocenters. The predicted octanol–water partition coefficient (Wildman–Crippen LogP) is 1.20. The van der Waals surface area contributed by atoms with Gasteiger partial charge in [0.15, 0.2) is 5.82 Å². The third-order valence-electron chi connectivity index (χ3n) is 2.79. The SMILES string of the molecule is CC[C@@](C)(CC(=O)OC)NCc1noc(C)n1. The van der Waals surface area contributed by atoms with Gasteiger partial charge >= 0.3 is 5.97 Å². The molecule has 0 saturated heterocycles. The molecule has 1 heterocycles. The maximum atomic E-state index is 11.3. The Hall–Kier alpha value is -1.43. The summed E-state index contributed by atoms with van der Waals surface area (Å²) in [6.07, 6.45) is 1.12. The van der Waals surface area contributed by atoms with Gasteiger partial charge in [-0.1, -0.05) is 12.1 Å². The standard InChI is InChI=1S/C11H19N3O3/c1-5-11(3,6-10(15)16-4)12-7-9-13-8(2)17-14-9/h12H,5-7H2,1-4H3/t11-/m0/s1. The minimum Gasteiger partial charge on any atom is -0.469 e. The van der Waals surface area contributed by atoms with Gasteiger partial charge in [-0.2, -0.15) is 4.98 Å². The van der Waals surface area contributed by atoms with Crippen LogP contribution >= 0.6 is 0 Å². The van der Waals surface area contributed by atoms with Crippen LogP contribution in [0.1, 0.15) is 38.4 Å². The van der Waals surface area contributed by atoms with Gasteiger partial charge in [0.25, 0.3) is 0 Å². The van der Waals surface area contributed by atoms with Crippen molar-refractivity contribution >= 4 is 5.97 Å². The summed E-state index contributed by atoms with van der Waals surface area (Å²) in [4.78, 5) is 15.4. The van der Waals surface area contributed by atoms with Crippen LogP contribution in [0.2, 0.25) is 0 Å². The van der Waals surface area contributed by atoms with E-state index in [1.54, 1.807) is 6.92 Å². The van der Waals surface area contributed by atoms with Crippen molar-refractivity contribution < 1.29 is 14.1 Å². The molecule has 0 radical (unpaired) electrons. The molecule has 1 aromatic rings. The second-order valence-electron chi connectivity index (χ2n) is 4.25. The van der Waals surface area contributed by atoms with Crippen LogP contribution in [0.15, 0.2) is 4.52 Å². The first-order valence-electron chi connectivity index (χ1n) is 5.60. The number of esters is 1. The average molecular weight is 241 g/mol. The summed E-state index contributed by atoms with van der Waals surface area (Å²) >= 11 is 0. The van der Waals surface area contributed by atoms with Gasteiger partial charge in [0.05, 0.1) is 20.1 Å². The monoisotopic (exact) mass is 241 g/mol. The lowest BCUT2D eigenvalue weighted by Crippen LogP contribution is -2.43. The molecule has 96 valence electrons. The van der Waals surface area contributed by atoms with Crippen LogP contribution < -0.4 is 5.32 Å². The zero-order valence-corrected chi connectivity index (χ0v) is 10.7. The second-order valence-corrected chi connectivity index (χ2v) is 4.25. The molecule has 0 aliphatic carbocycles. The van der Waals surface area contributed by atoms with E-state index in [9.17, 15) is 4.79 Å². The van der Waals surface area contributed by atoms with Crippen molar-refractivity contribution in [3.63, 3.8) is 0 Å². The normalized spacial score (nSPS) is 14.4. The number of aromatic nitrogens is 2. The molecule has 0 unspecified atom stereocenters. The van der Waals surface area contributed by atoms with Gasteiger partial charge in [-0.3, -0.25) is 4.79 Å². The van der Waals surface area contributed by atoms with Crippen LogP contribution in [-0.4, -0.2) is 28.8 Å². The average Bonchev–Trinajstić information content (AvgIpc) is 2.72. The molecule has 0 spiro atoms. The van der Waals surface area contributed by atoms with Crippen LogP contribution in [-0.2, 0) is 16.1 Å². The maximum absolute atomic E-state index is 11.3. The zero-order valence-electron chi connectivity index (χ0n) is 10.7. The number of methoxy groups -OCH3 is 1. The lowest BCUT2D eigenvalue weighted by atomic mass is 9.94. The molecular formula is C11H19N3O3. The van der Waals surface area contributed by atoms with E-state index in [-0.39, 0.29) is 11.5 Å². The number of carbonyl (C=O) groups is 1. The van der Waals surface area contributed by atoms with E-state index >= 15 is 0 Å². The van der Waals surface area contributed by atoms with Gasteiger partial charge in [-0.15, -0.1) is 0 Å². The fraction of sp³-hybridized carbons (Fsp3) is 0.727. The van der Waals surface area contributed by atoms with Crippen molar-refractivity contribution in [2.75, 3.05) is 7.11 Å². The van der Waals surface area contributed by atoms with E-state index in [0.717, 1.165) is 6.42 Å². The van der Waals surface area contributed by atoms with Crippen LogP contribution in [0.25, 0.3) is 0 Å². The van der Waals surface area contributed by atoms with E-state index in [2.05, 4.69) is 20.2 Å². The van der Waals surface area contributed by atoms with E-state index in [1.165, 1.54) is 7.11 Å². The largest absolute Gasteiger partial charge is 0.469 e. The second kappa shape index (κ2) is 5.77. The van der Waals surface area contributed by atoms with E-state index in [4.69, 9.17) is 4.52 Å². The quantitative estimate of drug-likeness (QED) is 0.754. The first-order chi connectivity index (χ1) is 7.99. The van der Waals surface area contributed by atoms with E-state index in [1.807, 2.05) is 13.8 Å². The lowest BCUT2D eigenvalue weighted by Gasteiger charge is -2.27. The number of nitrogens with one attached hydrogen (secondary N) is 1. The molecular weight excluding hydrogens is 222 g/mol. The number of hydrogen-bond acceptors (Lipinski definition) is 6. The highest BCUT2D eigenvalue weighted by Gasteiger charge is 2.26. The van der Waals surface area contributed by atoms with E-state index < -0.39 is 0 Å². The first kappa shape index (κ1) is 13.6. The van der Waals surface area contributed by atoms with Crippen molar-refractivity contribution in [3.8, 4) is 0 Å². The molecule has 0 fully saturated rings. The Kier molecular flexibility index (Phi) is 4.62. The van der Waals surface area contributed by atoms with E-state index in [0.29, 0.717) is 24.7 Å². The minimum absolute atomic E-state index is 0.230. The molecule has 6 heteroatoms. The van der Waals surface area contributed by atoms with Crippen LogP contribution in [0.3, 0.4) is 0 Å². The fourth-order valence-electron chi connectivity index (χ4n) is 1.41. The van der Waals surface area contributed by atoms with Crippen molar-refractivity contribution in [2.45, 2.75) is 45.7 Å². The Labute approximate surface area is 101 Å². The Morgan fingerprint density at radius 1 is 1.59 bits per heavy atom. The third-order valence-corrected chi connectivity index (χ3v) is 2.79. The van der Waals surface area contributed by atoms with Gasteiger partial charge in [0, 0.05) is 12.5 Å². The minimum atomic E-state index is -0.318. The number of aryl methyl sites for hydroxylation is 1. The highest BCUT2D eigenvalue weighted by atomic mass is 16.5. The number of carbonyl (C=O) groups excluding carboxylic acids is 1. The van der Waals surface area contributed by atoms with Crippen molar-refractivity contribution in [1.29, 1.82) is 0 Å². The highest BCUT2D eigenvalue weighted by molar-refractivity contribution is 5.70. The molecule has 0 aliphatic heterocycles. The Bertz CT molecular complexity index is 378. The third kappa shape index (κ3) is 4.14. The summed E-state index contributed by atoms with van der Waals surface area (Å²) in [5, 5.41) is 7.04. The Balaban J connectivity index is 2.53. The fourth-order valence-corrected chi connectivity index (χ4v) is 1.41. The number of ether oxygens (including phenoxy) is 1. The molecule has 0 bridgehead atoms. The molecule has 1 rings (SSSR count). The molecule has 0 aliphatic rings. The molecule has 0 amide bonds. The molecule has 0 aromatic carbocycles. The van der Waals surface area contributed by atoms with Crippen LogP contribution in [0, 0.1) is 6.92 Å². The summed E-state index contributed by atoms with van der Waals surface area (Å²) in [5.41, 5.74) is -0.318. The number of nitrogens with zero attached hydrogens (tertiary/aromatic N) is 2. The summed E-state index contributed by atoms with van der Waals surface area (Å²) in [5.74, 6) is 0.895. The van der Waals surface area contributed by atoms with Crippen molar-refractivity contribution in [2.24, 2.45) is 0 Å². The molecule has 1 N–H and O–H groups in total. The Morgan fingerprint density at radius 3 is 2.76 bits per heavy atom. The summed E-state index contributed by atoms with van der Waals surface area (Å²) < 4.78 is 9.55. The van der Waals surface area contributed by atoms with Crippen molar-refractivity contribution in [3.05, 3.63) is 11.7 Å². The topological polar surface area (TPSA) is 77.2 Å². The number of hydrogen-bond donors (Lipinski definition) is 1. The van der Waals surface area contributed by atoms with Crippen LogP contribution in [0.5, 0.6) is 0 Å². The van der Waals surface area contributed by atoms with Gasteiger partial charge in [-0.25, -0.2) is 0 Å². The van der Waals surface area contributed by atoms with Gasteiger partial charge in [0.1, 0.15) is 0 Å². The van der Waals surface area contributed by atoms with Gasteiger partial charge < -0.3 is 14.6 Å². The lowest BCUT2D eigenvalue weighted by molar-refractivity contribution is -0.142. The smallest absolute Gasteiger partial charge is 0.307 e. The van der Waals surface area contributed by atoms with Crippen molar-refractivity contribution in [1.82, 2.24) is 15.5 Å². The highest BCUT2D eigenvalue weighted by Crippen LogP contribution is 2.15. The molecule has 0 saturated carbocycles. The van der Waals surface area contributed by atoms with Crippen LogP contribution in [0.4, 0.5) is 0 Å². The molecule has 6 nitrogen and oxygen atoms in total. The summed E-state index contributed by atoms with van der Waals surface area (Å²) in [6, 6.07) is 0. The molecule has 1 aromatic heterocycles.